The monoisotopic (exact) mass is 430 g/mol. The van der Waals surface area contributed by atoms with Crippen LogP contribution in [0.2, 0.25) is 0 Å². The van der Waals surface area contributed by atoms with E-state index in [0.29, 0.717) is 11.7 Å². The molecule has 0 N–H and O–H groups in total. The van der Waals surface area contributed by atoms with E-state index in [9.17, 15) is 9.18 Å². The summed E-state index contributed by atoms with van der Waals surface area (Å²) in [5.41, 5.74) is 3.36. The second-order valence-electron chi connectivity index (χ2n) is 8.30. The highest BCUT2D eigenvalue weighted by atomic mass is 19.1. The van der Waals surface area contributed by atoms with Gasteiger partial charge in [0.1, 0.15) is 5.82 Å². The van der Waals surface area contributed by atoms with Crippen LogP contribution in [0.3, 0.4) is 0 Å². The Hall–Kier alpha value is -3.52. The number of pyridine rings is 3. The second kappa shape index (κ2) is 8.55. The number of carbonyl (C=O) groups excluding carboxylic acids is 1. The molecule has 162 valence electrons. The van der Waals surface area contributed by atoms with Crippen LogP contribution < -0.4 is 0 Å². The standard InChI is InChI=1S/C24H23FN6O/c1-30-6-4-21(5-7-30)31-15-18(13-28-31)22-3-2-16-12-27-20(9-23(16)29-22)10-24(32)17-8-19(25)14-26-11-17/h2-3,8-9,11-15,21H,4-7,10H2,1H3. The molecule has 1 fully saturated rings. The quantitative estimate of drug-likeness (QED) is 0.449. The van der Waals surface area contributed by atoms with Crippen molar-refractivity contribution in [1.29, 1.82) is 0 Å². The summed E-state index contributed by atoms with van der Waals surface area (Å²) in [5, 5.41) is 5.47. The Balaban J connectivity index is 1.37. The molecule has 1 aliphatic heterocycles. The molecule has 0 atom stereocenters. The van der Waals surface area contributed by atoms with Gasteiger partial charge in [0.15, 0.2) is 5.78 Å². The fourth-order valence-electron chi connectivity index (χ4n) is 4.08. The fraction of sp³-hybridized carbons (Fsp3) is 0.292. The fourth-order valence-corrected chi connectivity index (χ4v) is 4.08. The van der Waals surface area contributed by atoms with Gasteiger partial charge < -0.3 is 4.90 Å². The van der Waals surface area contributed by atoms with Crippen molar-refractivity contribution in [2.45, 2.75) is 25.3 Å². The Bertz CT molecular complexity index is 1280. The normalized spacial score (nSPS) is 15.3. The highest BCUT2D eigenvalue weighted by molar-refractivity contribution is 5.97. The van der Waals surface area contributed by atoms with E-state index >= 15 is 0 Å². The van der Waals surface area contributed by atoms with Crippen molar-refractivity contribution in [3.63, 3.8) is 0 Å². The van der Waals surface area contributed by atoms with Gasteiger partial charge >= 0.3 is 0 Å². The van der Waals surface area contributed by atoms with Gasteiger partial charge in [-0.05, 0) is 57.2 Å². The minimum Gasteiger partial charge on any atom is -0.306 e. The van der Waals surface area contributed by atoms with Crippen LogP contribution >= 0.6 is 0 Å². The van der Waals surface area contributed by atoms with Gasteiger partial charge in [-0.3, -0.25) is 19.4 Å². The third-order valence-corrected chi connectivity index (χ3v) is 5.96. The van der Waals surface area contributed by atoms with Crippen LogP contribution in [-0.2, 0) is 6.42 Å². The summed E-state index contributed by atoms with van der Waals surface area (Å²) in [4.78, 5) is 27.7. The van der Waals surface area contributed by atoms with Crippen LogP contribution in [0, 0.1) is 5.82 Å². The van der Waals surface area contributed by atoms with Crippen LogP contribution in [-0.4, -0.2) is 55.6 Å². The van der Waals surface area contributed by atoms with E-state index in [2.05, 4.69) is 37.9 Å². The van der Waals surface area contributed by atoms with Crippen molar-refractivity contribution in [1.82, 2.24) is 29.6 Å². The van der Waals surface area contributed by atoms with E-state index in [0.717, 1.165) is 54.3 Å². The van der Waals surface area contributed by atoms with Crippen molar-refractivity contribution in [2.75, 3.05) is 20.1 Å². The van der Waals surface area contributed by atoms with Gasteiger partial charge in [-0.1, -0.05) is 0 Å². The van der Waals surface area contributed by atoms with Crippen molar-refractivity contribution >= 4 is 16.7 Å². The number of hydrogen-bond donors (Lipinski definition) is 0. The van der Waals surface area contributed by atoms with Crippen LogP contribution in [0.25, 0.3) is 22.2 Å². The highest BCUT2D eigenvalue weighted by Crippen LogP contribution is 2.25. The molecule has 0 radical (unpaired) electrons. The van der Waals surface area contributed by atoms with Crippen molar-refractivity contribution in [3.05, 3.63) is 72.3 Å². The van der Waals surface area contributed by atoms with E-state index in [4.69, 9.17) is 4.98 Å². The number of aromatic nitrogens is 5. The van der Waals surface area contributed by atoms with Crippen LogP contribution in [0.4, 0.5) is 4.39 Å². The maximum absolute atomic E-state index is 13.4. The Morgan fingerprint density at radius 1 is 1.12 bits per heavy atom. The molecule has 0 unspecified atom stereocenters. The lowest BCUT2D eigenvalue weighted by Crippen LogP contribution is -2.31. The Morgan fingerprint density at radius 3 is 2.78 bits per heavy atom. The van der Waals surface area contributed by atoms with E-state index in [1.807, 2.05) is 24.4 Å². The minimum absolute atomic E-state index is 0.0566. The molecule has 5 heterocycles. The zero-order chi connectivity index (χ0) is 22.1. The molecule has 4 aromatic heterocycles. The third-order valence-electron chi connectivity index (χ3n) is 5.96. The van der Waals surface area contributed by atoms with E-state index in [1.165, 1.54) is 12.3 Å². The maximum Gasteiger partial charge on any atom is 0.170 e. The minimum atomic E-state index is -0.533. The summed E-state index contributed by atoms with van der Waals surface area (Å²) < 4.78 is 15.4. The van der Waals surface area contributed by atoms with Crippen molar-refractivity contribution in [3.8, 4) is 11.3 Å². The van der Waals surface area contributed by atoms with Gasteiger partial charge in [-0.2, -0.15) is 5.10 Å². The van der Waals surface area contributed by atoms with Crippen molar-refractivity contribution < 1.29 is 9.18 Å². The molecular weight excluding hydrogens is 407 g/mol. The number of piperidine rings is 1. The number of ketones is 1. The molecule has 0 spiro atoms. The molecule has 0 amide bonds. The number of carbonyl (C=O) groups is 1. The molecule has 1 saturated heterocycles. The molecule has 32 heavy (non-hydrogen) atoms. The molecule has 5 rings (SSSR count). The lowest BCUT2D eigenvalue weighted by Gasteiger charge is -2.28. The predicted molar refractivity (Wildman–Crippen MR) is 119 cm³/mol. The van der Waals surface area contributed by atoms with Gasteiger partial charge in [0, 0.05) is 35.1 Å². The maximum atomic E-state index is 13.4. The number of fused-ring (bicyclic) bond motifs is 1. The molecule has 7 nitrogen and oxygen atoms in total. The van der Waals surface area contributed by atoms with E-state index < -0.39 is 5.82 Å². The largest absolute Gasteiger partial charge is 0.306 e. The average Bonchev–Trinajstić information content (AvgIpc) is 3.29. The van der Waals surface area contributed by atoms with Gasteiger partial charge in [-0.25, -0.2) is 9.37 Å². The third kappa shape index (κ3) is 4.27. The summed E-state index contributed by atoms with van der Waals surface area (Å²) >= 11 is 0. The number of halogens is 1. The lowest BCUT2D eigenvalue weighted by molar-refractivity contribution is 0.0991. The van der Waals surface area contributed by atoms with Gasteiger partial charge in [-0.15, -0.1) is 0 Å². The van der Waals surface area contributed by atoms with Crippen LogP contribution in [0.5, 0.6) is 0 Å². The first-order valence-corrected chi connectivity index (χ1v) is 10.7. The molecule has 1 aliphatic rings. The zero-order valence-corrected chi connectivity index (χ0v) is 17.8. The topological polar surface area (TPSA) is 76.8 Å². The molecule has 8 heteroatoms. The first-order chi connectivity index (χ1) is 15.5. The Kier molecular flexibility index (Phi) is 5.45. The van der Waals surface area contributed by atoms with Crippen LogP contribution in [0.1, 0.15) is 34.9 Å². The SMILES string of the molecule is CN1CCC(n2cc(-c3ccc4cnc(CC(=O)c5cncc(F)c5)cc4n3)cn2)CC1. The first kappa shape index (κ1) is 20.4. The second-order valence-corrected chi connectivity index (χ2v) is 8.30. The lowest BCUT2D eigenvalue weighted by atomic mass is 10.1. The molecule has 0 saturated carbocycles. The molecule has 0 bridgehead atoms. The summed E-state index contributed by atoms with van der Waals surface area (Å²) in [6.45, 7) is 2.16. The molecule has 0 aliphatic carbocycles. The molecule has 0 aromatic carbocycles. The summed E-state index contributed by atoms with van der Waals surface area (Å²) in [6.07, 6.45) is 10.3. The molecular formula is C24H23FN6O. The van der Waals surface area contributed by atoms with E-state index in [1.54, 1.807) is 6.20 Å². The number of rotatable bonds is 5. The highest BCUT2D eigenvalue weighted by Gasteiger charge is 2.19. The number of nitrogens with zero attached hydrogens (tertiary/aromatic N) is 6. The van der Waals surface area contributed by atoms with E-state index in [-0.39, 0.29) is 17.8 Å². The number of likely N-dealkylation sites (tertiary alicyclic amines) is 1. The van der Waals surface area contributed by atoms with Gasteiger partial charge in [0.05, 0.1) is 41.8 Å². The summed E-state index contributed by atoms with van der Waals surface area (Å²) in [6, 6.07) is 7.35. The zero-order valence-electron chi connectivity index (χ0n) is 17.8. The summed E-state index contributed by atoms with van der Waals surface area (Å²) in [7, 11) is 2.15. The Labute approximate surface area is 184 Å². The van der Waals surface area contributed by atoms with Gasteiger partial charge in [0.2, 0.25) is 0 Å². The predicted octanol–water partition coefficient (Wildman–Crippen LogP) is 3.72. The molecule has 4 aromatic rings. The van der Waals surface area contributed by atoms with Gasteiger partial charge in [0.25, 0.3) is 0 Å². The average molecular weight is 430 g/mol. The van der Waals surface area contributed by atoms with Crippen LogP contribution in [0.15, 0.2) is 55.2 Å². The summed E-state index contributed by atoms with van der Waals surface area (Å²) in [5.74, 6) is -0.770. The first-order valence-electron chi connectivity index (χ1n) is 10.7. The smallest absolute Gasteiger partial charge is 0.170 e. The number of hydrogen-bond acceptors (Lipinski definition) is 6. The Morgan fingerprint density at radius 2 is 1.97 bits per heavy atom. The number of Topliss-reactive ketones (excluding diaryl/α,β-unsaturated/α-hetero) is 1. The van der Waals surface area contributed by atoms with Crippen molar-refractivity contribution in [2.24, 2.45) is 0 Å².